The fourth-order valence-electron chi connectivity index (χ4n) is 2.44. The Bertz CT molecular complexity index is 850. The van der Waals surface area contributed by atoms with Crippen LogP contribution in [-0.4, -0.2) is 36.0 Å². The van der Waals surface area contributed by atoms with Crippen LogP contribution in [0.1, 0.15) is 5.56 Å². The van der Waals surface area contributed by atoms with Gasteiger partial charge in [-0.15, -0.1) is 0 Å². The van der Waals surface area contributed by atoms with Gasteiger partial charge in [-0.3, -0.25) is 9.69 Å². The summed E-state index contributed by atoms with van der Waals surface area (Å²) in [5, 5.41) is 3.20. The summed E-state index contributed by atoms with van der Waals surface area (Å²) in [7, 11) is 3.23. The molecule has 1 aliphatic heterocycles. The number of hydrogen-bond donors (Lipinski definition) is 1. The van der Waals surface area contributed by atoms with Crippen LogP contribution in [0.15, 0.2) is 53.4 Å². The predicted molar refractivity (Wildman–Crippen MR) is 109 cm³/mol. The summed E-state index contributed by atoms with van der Waals surface area (Å²) in [5.74, 6) is 1.38. The Labute approximate surface area is 162 Å². The zero-order valence-electron chi connectivity index (χ0n) is 14.4. The molecule has 3 rings (SSSR count). The first-order valence-corrected chi connectivity index (χ1v) is 9.11. The monoisotopic (exact) mass is 386 g/mol. The standard InChI is InChI=1S/C19H18N2O3S2/c1-23-14-9-7-13(8-10-14)11-17-18(22)21(19(25)26-17)12-20-15-5-3-4-6-16(15)24-2/h3-11,20H,12H2,1-2H3/b17-11-. The third-order valence-electron chi connectivity index (χ3n) is 3.82. The molecule has 134 valence electrons. The molecule has 0 bridgehead atoms. The van der Waals surface area contributed by atoms with E-state index in [1.807, 2.05) is 54.6 Å². The number of anilines is 1. The van der Waals surface area contributed by atoms with E-state index in [2.05, 4.69) is 5.32 Å². The summed E-state index contributed by atoms with van der Waals surface area (Å²) in [6.07, 6.45) is 1.84. The van der Waals surface area contributed by atoms with Gasteiger partial charge in [-0.25, -0.2) is 0 Å². The maximum absolute atomic E-state index is 12.7. The maximum atomic E-state index is 12.7. The quantitative estimate of drug-likeness (QED) is 0.599. The third kappa shape index (κ3) is 4.00. The van der Waals surface area contributed by atoms with Gasteiger partial charge in [0.05, 0.1) is 31.5 Å². The van der Waals surface area contributed by atoms with E-state index < -0.39 is 0 Å². The van der Waals surface area contributed by atoms with Crippen molar-refractivity contribution in [2.24, 2.45) is 0 Å². The second-order valence-corrected chi connectivity index (χ2v) is 7.09. The third-order valence-corrected chi connectivity index (χ3v) is 5.20. The van der Waals surface area contributed by atoms with Gasteiger partial charge in [0.15, 0.2) is 0 Å². The fourth-order valence-corrected chi connectivity index (χ4v) is 3.70. The number of rotatable bonds is 6. The first-order valence-electron chi connectivity index (χ1n) is 7.88. The molecule has 26 heavy (non-hydrogen) atoms. The summed E-state index contributed by atoms with van der Waals surface area (Å²) in [6, 6.07) is 15.1. The summed E-state index contributed by atoms with van der Waals surface area (Å²) < 4.78 is 11.0. The molecule has 0 saturated carbocycles. The summed E-state index contributed by atoms with van der Waals surface area (Å²) in [5.41, 5.74) is 1.73. The number of carbonyl (C=O) groups excluding carboxylic acids is 1. The Balaban J connectivity index is 1.71. The Morgan fingerprint density at radius 3 is 2.54 bits per heavy atom. The van der Waals surface area contributed by atoms with Crippen molar-refractivity contribution in [3.63, 3.8) is 0 Å². The van der Waals surface area contributed by atoms with Crippen LogP contribution in [0.5, 0.6) is 11.5 Å². The SMILES string of the molecule is COc1ccc(/C=C2\SC(=S)N(CNc3ccccc3OC)C2=O)cc1. The van der Waals surface area contributed by atoms with Gasteiger partial charge in [-0.1, -0.05) is 48.2 Å². The molecule has 2 aromatic rings. The lowest BCUT2D eigenvalue weighted by Crippen LogP contribution is -2.33. The van der Waals surface area contributed by atoms with Crippen molar-refractivity contribution in [1.82, 2.24) is 4.90 Å². The van der Waals surface area contributed by atoms with Crippen molar-refractivity contribution < 1.29 is 14.3 Å². The fraction of sp³-hybridized carbons (Fsp3) is 0.158. The Morgan fingerprint density at radius 2 is 1.85 bits per heavy atom. The summed E-state index contributed by atoms with van der Waals surface area (Å²) in [6.45, 7) is 0.283. The molecule has 5 nitrogen and oxygen atoms in total. The van der Waals surface area contributed by atoms with E-state index in [1.165, 1.54) is 11.8 Å². The van der Waals surface area contributed by atoms with E-state index in [4.69, 9.17) is 21.7 Å². The van der Waals surface area contributed by atoms with Crippen LogP contribution in [0.4, 0.5) is 5.69 Å². The highest BCUT2D eigenvalue weighted by molar-refractivity contribution is 8.26. The van der Waals surface area contributed by atoms with Gasteiger partial charge in [0.2, 0.25) is 0 Å². The molecule has 1 heterocycles. The second kappa shape index (κ2) is 8.25. The number of ether oxygens (including phenoxy) is 2. The number of nitrogens with one attached hydrogen (secondary N) is 1. The lowest BCUT2D eigenvalue weighted by Gasteiger charge is -2.17. The van der Waals surface area contributed by atoms with Crippen LogP contribution in [0.3, 0.4) is 0 Å². The highest BCUT2D eigenvalue weighted by Gasteiger charge is 2.31. The number of hydrogen-bond acceptors (Lipinski definition) is 6. The van der Waals surface area contributed by atoms with E-state index in [0.29, 0.717) is 15.0 Å². The summed E-state index contributed by atoms with van der Waals surface area (Å²) >= 11 is 6.66. The molecule has 0 radical (unpaired) electrons. The van der Waals surface area contributed by atoms with Crippen LogP contribution < -0.4 is 14.8 Å². The van der Waals surface area contributed by atoms with E-state index in [-0.39, 0.29) is 12.6 Å². The first kappa shape index (κ1) is 18.3. The Kier molecular flexibility index (Phi) is 5.80. The maximum Gasteiger partial charge on any atom is 0.267 e. The lowest BCUT2D eigenvalue weighted by atomic mass is 10.2. The van der Waals surface area contributed by atoms with Gasteiger partial charge in [0.25, 0.3) is 5.91 Å². The highest BCUT2D eigenvalue weighted by atomic mass is 32.2. The molecule has 0 spiro atoms. The molecule has 1 aliphatic rings. The number of benzene rings is 2. The van der Waals surface area contributed by atoms with E-state index in [1.54, 1.807) is 19.1 Å². The number of para-hydroxylation sites is 2. The van der Waals surface area contributed by atoms with Crippen molar-refractivity contribution in [2.75, 3.05) is 26.2 Å². The van der Waals surface area contributed by atoms with E-state index in [0.717, 1.165) is 17.0 Å². The average Bonchev–Trinajstić information content (AvgIpc) is 2.94. The molecule has 7 heteroatoms. The van der Waals surface area contributed by atoms with Crippen molar-refractivity contribution in [2.45, 2.75) is 0 Å². The van der Waals surface area contributed by atoms with E-state index in [9.17, 15) is 4.79 Å². The Morgan fingerprint density at radius 1 is 1.12 bits per heavy atom. The van der Waals surface area contributed by atoms with Crippen LogP contribution in [0, 0.1) is 0 Å². The van der Waals surface area contributed by atoms with Gasteiger partial charge < -0.3 is 14.8 Å². The van der Waals surface area contributed by atoms with Crippen LogP contribution in [-0.2, 0) is 4.79 Å². The van der Waals surface area contributed by atoms with Crippen LogP contribution in [0.25, 0.3) is 6.08 Å². The molecular weight excluding hydrogens is 368 g/mol. The molecule has 0 atom stereocenters. The highest BCUT2D eigenvalue weighted by Crippen LogP contribution is 2.33. The zero-order chi connectivity index (χ0) is 18.5. The minimum atomic E-state index is -0.113. The largest absolute Gasteiger partial charge is 0.497 e. The molecule has 0 aromatic heterocycles. The van der Waals surface area contributed by atoms with Crippen LogP contribution >= 0.6 is 24.0 Å². The van der Waals surface area contributed by atoms with E-state index >= 15 is 0 Å². The number of amides is 1. The minimum absolute atomic E-state index is 0.113. The molecule has 0 aliphatic carbocycles. The molecule has 1 fully saturated rings. The van der Waals surface area contributed by atoms with Crippen molar-refractivity contribution in [3.05, 3.63) is 59.0 Å². The number of carbonyl (C=O) groups is 1. The van der Waals surface area contributed by atoms with Crippen molar-refractivity contribution in [1.29, 1.82) is 0 Å². The normalized spacial score (nSPS) is 15.5. The van der Waals surface area contributed by atoms with Gasteiger partial charge in [0, 0.05) is 0 Å². The number of nitrogens with zero attached hydrogens (tertiary/aromatic N) is 1. The second-order valence-electron chi connectivity index (χ2n) is 5.42. The Hall–Kier alpha value is -2.51. The molecule has 0 unspecified atom stereocenters. The first-order chi connectivity index (χ1) is 12.6. The van der Waals surface area contributed by atoms with Crippen LogP contribution in [0.2, 0.25) is 0 Å². The van der Waals surface area contributed by atoms with Gasteiger partial charge in [-0.2, -0.15) is 0 Å². The molecule has 1 amide bonds. The number of thiocarbonyl (C=S) groups is 1. The molecule has 2 aromatic carbocycles. The molecular formula is C19H18N2O3S2. The van der Waals surface area contributed by atoms with Crippen molar-refractivity contribution in [3.8, 4) is 11.5 Å². The summed E-state index contributed by atoms with van der Waals surface area (Å²) in [4.78, 5) is 14.8. The molecule has 1 saturated heterocycles. The smallest absolute Gasteiger partial charge is 0.267 e. The predicted octanol–water partition coefficient (Wildman–Crippen LogP) is 3.97. The lowest BCUT2D eigenvalue weighted by molar-refractivity contribution is -0.121. The van der Waals surface area contributed by atoms with Crippen molar-refractivity contribution >= 4 is 46.0 Å². The van der Waals surface area contributed by atoms with Gasteiger partial charge in [0.1, 0.15) is 15.8 Å². The minimum Gasteiger partial charge on any atom is -0.497 e. The zero-order valence-corrected chi connectivity index (χ0v) is 16.0. The number of thioether (sulfide) groups is 1. The molecule has 1 N–H and O–H groups in total. The topological polar surface area (TPSA) is 50.8 Å². The van der Waals surface area contributed by atoms with Gasteiger partial charge in [-0.05, 0) is 35.9 Å². The number of methoxy groups -OCH3 is 2. The average molecular weight is 386 g/mol. The van der Waals surface area contributed by atoms with Gasteiger partial charge >= 0.3 is 0 Å².